The smallest absolute Gasteiger partial charge is 0.111 e. The molecule has 0 bridgehead atoms. The van der Waals surface area contributed by atoms with Crippen molar-refractivity contribution in [1.82, 2.24) is 9.55 Å². The average molecular weight is 196 g/mol. The van der Waals surface area contributed by atoms with Crippen LogP contribution >= 0.6 is 0 Å². The molecule has 1 aliphatic rings. The number of hydrogen-bond donors (Lipinski definition) is 2. The van der Waals surface area contributed by atoms with Gasteiger partial charge in [0, 0.05) is 25.9 Å². The number of aryl methyl sites for hydroxylation is 1. The minimum atomic E-state index is -0.677. The number of aliphatic hydroxyl groups excluding tert-OH is 2. The summed E-state index contributed by atoms with van der Waals surface area (Å²) in [7, 11) is 1.89. The normalized spacial score (nSPS) is 20.8. The van der Waals surface area contributed by atoms with E-state index in [4.69, 9.17) is 0 Å². The SMILES string of the molecule is Cn1ccnc1CC(O)C(O)C1CC1. The van der Waals surface area contributed by atoms with Gasteiger partial charge >= 0.3 is 0 Å². The first-order valence-corrected chi connectivity index (χ1v) is 5.01. The quantitative estimate of drug-likeness (QED) is 0.717. The first-order chi connectivity index (χ1) is 6.68. The summed E-state index contributed by atoms with van der Waals surface area (Å²) < 4.78 is 1.86. The van der Waals surface area contributed by atoms with E-state index in [9.17, 15) is 10.2 Å². The van der Waals surface area contributed by atoms with E-state index in [-0.39, 0.29) is 0 Å². The highest BCUT2D eigenvalue weighted by molar-refractivity contribution is 4.96. The van der Waals surface area contributed by atoms with Crippen LogP contribution in [0.2, 0.25) is 0 Å². The van der Waals surface area contributed by atoms with Gasteiger partial charge in [0.15, 0.2) is 0 Å². The fraction of sp³-hybridized carbons (Fsp3) is 0.700. The Balaban J connectivity index is 1.93. The molecule has 0 radical (unpaired) electrons. The van der Waals surface area contributed by atoms with Gasteiger partial charge in [0.05, 0.1) is 12.2 Å². The third kappa shape index (κ3) is 1.96. The summed E-state index contributed by atoms with van der Waals surface area (Å²) in [5, 5.41) is 19.4. The maximum absolute atomic E-state index is 9.72. The number of aromatic nitrogens is 2. The number of imidazole rings is 1. The molecule has 1 fully saturated rings. The lowest BCUT2D eigenvalue weighted by Crippen LogP contribution is -2.30. The van der Waals surface area contributed by atoms with Gasteiger partial charge in [-0.2, -0.15) is 0 Å². The Hall–Kier alpha value is -0.870. The molecule has 78 valence electrons. The summed E-state index contributed by atoms with van der Waals surface area (Å²) in [5.41, 5.74) is 0. The molecule has 1 aliphatic carbocycles. The number of rotatable bonds is 4. The molecule has 4 nitrogen and oxygen atoms in total. The van der Waals surface area contributed by atoms with Gasteiger partial charge in [-0.1, -0.05) is 0 Å². The molecule has 1 heterocycles. The molecule has 1 aromatic heterocycles. The maximum Gasteiger partial charge on any atom is 0.111 e. The monoisotopic (exact) mass is 196 g/mol. The Bertz CT molecular complexity index is 307. The number of aliphatic hydroxyl groups is 2. The van der Waals surface area contributed by atoms with Crippen molar-refractivity contribution in [3.63, 3.8) is 0 Å². The summed E-state index contributed by atoms with van der Waals surface area (Å²) in [6, 6.07) is 0. The van der Waals surface area contributed by atoms with Crippen molar-refractivity contribution in [2.75, 3.05) is 0 Å². The lowest BCUT2D eigenvalue weighted by atomic mass is 10.1. The molecule has 1 aromatic rings. The summed E-state index contributed by atoms with van der Waals surface area (Å²) in [4.78, 5) is 4.11. The predicted molar refractivity (Wildman–Crippen MR) is 51.6 cm³/mol. The van der Waals surface area contributed by atoms with Gasteiger partial charge in [-0.15, -0.1) is 0 Å². The Morgan fingerprint density at radius 2 is 2.29 bits per heavy atom. The van der Waals surface area contributed by atoms with Crippen LogP contribution in [0.5, 0.6) is 0 Å². The average Bonchev–Trinajstić information content (AvgIpc) is 2.92. The first-order valence-electron chi connectivity index (χ1n) is 5.01. The molecule has 0 amide bonds. The molecule has 2 atom stereocenters. The van der Waals surface area contributed by atoms with Crippen LogP contribution in [0.4, 0.5) is 0 Å². The second kappa shape index (κ2) is 3.71. The molecule has 2 unspecified atom stereocenters. The Kier molecular flexibility index (Phi) is 2.56. The van der Waals surface area contributed by atoms with Gasteiger partial charge in [-0.3, -0.25) is 0 Å². The van der Waals surface area contributed by atoms with E-state index in [1.807, 2.05) is 17.8 Å². The van der Waals surface area contributed by atoms with Gasteiger partial charge in [0.2, 0.25) is 0 Å². The highest BCUT2D eigenvalue weighted by Gasteiger charge is 2.34. The Morgan fingerprint density at radius 1 is 1.57 bits per heavy atom. The maximum atomic E-state index is 9.72. The van der Waals surface area contributed by atoms with Gasteiger partial charge in [-0.05, 0) is 18.8 Å². The van der Waals surface area contributed by atoms with Crippen LogP contribution in [0.1, 0.15) is 18.7 Å². The molecular weight excluding hydrogens is 180 g/mol. The van der Waals surface area contributed by atoms with Gasteiger partial charge < -0.3 is 14.8 Å². The Morgan fingerprint density at radius 3 is 2.79 bits per heavy atom. The van der Waals surface area contributed by atoms with Crippen LogP contribution in [-0.2, 0) is 13.5 Å². The van der Waals surface area contributed by atoms with Crippen molar-refractivity contribution < 1.29 is 10.2 Å². The molecule has 0 spiro atoms. The summed E-state index contributed by atoms with van der Waals surface area (Å²) in [6.45, 7) is 0. The van der Waals surface area contributed by atoms with E-state index >= 15 is 0 Å². The van der Waals surface area contributed by atoms with Crippen LogP contribution in [0.25, 0.3) is 0 Å². The third-order valence-corrected chi connectivity index (χ3v) is 2.81. The minimum Gasteiger partial charge on any atom is -0.390 e. The van der Waals surface area contributed by atoms with E-state index < -0.39 is 12.2 Å². The van der Waals surface area contributed by atoms with Crippen molar-refractivity contribution in [3.05, 3.63) is 18.2 Å². The molecule has 0 saturated heterocycles. The highest BCUT2D eigenvalue weighted by Crippen LogP contribution is 2.34. The second-order valence-electron chi connectivity index (χ2n) is 4.05. The lowest BCUT2D eigenvalue weighted by Gasteiger charge is -2.16. The summed E-state index contributed by atoms with van der Waals surface area (Å²) in [5.74, 6) is 1.13. The Labute approximate surface area is 83.2 Å². The number of nitrogens with zero attached hydrogens (tertiary/aromatic N) is 2. The van der Waals surface area contributed by atoms with Crippen LogP contribution in [0.15, 0.2) is 12.4 Å². The zero-order valence-corrected chi connectivity index (χ0v) is 8.30. The van der Waals surface area contributed by atoms with Crippen LogP contribution in [-0.4, -0.2) is 32.0 Å². The molecule has 1 saturated carbocycles. The van der Waals surface area contributed by atoms with Gasteiger partial charge in [0.25, 0.3) is 0 Å². The predicted octanol–water partition coefficient (Wildman–Crippen LogP) is 0.0944. The molecule has 2 N–H and O–H groups in total. The van der Waals surface area contributed by atoms with Gasteiger partial charge in [0.1, 0.15) is 5.82 Å². The molecule has 0 aromatic carbocycles. The van der Waals surface area contributed by atoms with E-state index in [1.54, 1.807) is 6.20 Å². The molecular formula is C10H16N2O2. The van der Waals surface area contributed by atoms with E-state index in [0.717, 1.165) is 18.7 Å². The fourth-order valence-electron chi connectivity index (χ4n) is 1.65. The topological polar surface area (TPSA) is 58.3 Å². The largest absolute Gasteiger partial charge is 0.390 e. The van der Waals surface area contributed by atoms with Crippen LogP contribution in [0.3, 0.4) is 0 Å². The molecule has 14 heavy (non-hydrogen) atoms. The zero-order valence-electron chi connectivity index (χ0n) is 8.30. The molecule has 2 rings (SSSR count). The van der Waals surface area contributed by atoms with Crippen molar-refractivity contribution >= 4 is 0 Å². The third-order valence-electron chi connectivity index (χ3n) is 2.81. The second-order valence-corrected chi connectivity index (χ2v) is 4.05. The van der Waals surface area contributed by atoms with Crippen molar-refractivity contribution in [3.8, 4) is 0 Å². The first kappa shape index (κ1) is 9.68. The van der Waals surface area contributed by atoms with Crippen molar-refractivity contribution in [2.24, 2.45) is 13.0 Å². The minimum absolute atomic E-state index is 0.310. The van der Waals surface area contributed by atoms with Crippen molar-refractivity contribution in [1.29, 1.82) is 0 Å². The fourth-order valence-corrected chi connectivity index (χ4v) is 1.65. The highest BCUT2D eigenvalue weighted by atomic mass is 16.3. The summed E-state index contributed by atoms with van der Waals surface area (Å²) >= 11 is 0. The molecule has 4 heteroatoms. The standard InChI is InChI=1S/C10H16N2O2/c1-12-5-4-11-9(12)6-8(13)10(14)7-2-3-7/h4-5,7-8,10,13-14H,2-3,6H2,1H3. The van der Waals surface area contributed by atoms with Crippen molar-refractivity contribution in [2.45, 2.75) is 31.5 Å². The van der Waals surface area contributed by atoms with Crippen LogP contribution in [0, 0.1) is 5.92 Å². The van der Waals surface area contributed by atoms with E-state index in [0.29, 0.717) is 12.3 Å². The molecule has 0 aliphatic heterocycles. The zero-order chi connectivity index (χ0) is 10.1. The van der Waals surface area contributed by atoms with E-state index in [2.05, 4.69) is 4.98 Å². The lowest BCUT2D eigenvalue weighted by molar-refractivity contribution is 0.00536. The van der Waals surface area contributed by atoms with E-state index in [1.165, 1.54) is 0 Å². The summed E-state index contributed by atoms with van der Waals surface area (Å²) in [6.07, 6.45) is 4.80. The van der Waals surface area contributed by atoms with Crippen LogP contribution < -0.4 is 0 Å². The van der Waals surface area contributed by atoms with Gasteiger partial charge in [-0.25, -0.2) is 4.98 Å². The number of hydrogen-bond acceptors (Lipinski definition) is 3.